The normalized spacial score (nSPS) is 11.8. The fourth-order valence-corrected chi connectivity index (χ4v) is 3.39. The molecule has 0 heterocycles. The van der Waals surface area contributed by atoms with Crippen molar-refractivity contribution in [2.45, 2.75) is 25.4 Å². The number of nitro groups is 1. The summed E-state index contributed by atoms with van der Waals surface area (Å²) in [5, 5.41) is 9.54. The molecule has 1 rings (SSSR count). The molecule has 0 aliphatic rings. The van der Waals surface area contributed by atoms with E-state index in [0.717, 1.165) is 0 Å². The van der Waals surface area contributed by atoms with Crippen molar-refractivity contribution in [3.05, 3.63) is 34.4 Å². The number of hydrogen-bond acceptors (Lipinski definition) is 7. The summed E-state index contributed by atoms with van der Waals surface area (Å²) >= 11 is 0. The van der Waals surface area contributed by atoms with Crippen LogP contribution in [0.2, 0.25) is 0 Å². The van der Waals surface area contributed by atoms with Crippen molar-refractivity contribution in [1.82, 2.24) is 5.43 Å². The number of non-ortho nitro benzene ring substituents is 1. The molecule has 0 saturated heterocycles. The Morgan fingerprint density at radius 3 is 2.22 bits per heavy atom. The highest BCUT2D eigenvalue weighted by molar-refractivity contribution is 7.55. The van der Waals surface area contributed by atoms with Crippen LogP contribution in [0.15, 0.2) is 24.3 Å². The number of carbonyl (C=O) groups is 1. The van der Waals surface area contributed by atoms with Gasteiger partial charge >= 0.3 is 7.60 Å². The van der Waals surface area contributed by atoms with Gasteiger partial charge in [-0.3, -0.25) is 30.3 Å². The molecular weight excluding hydrogens is 325 g/mol. The third kappa shape index (κ3) is 4.75. The number of benzene rings is 1. The minimum atomic E-state index is -3.41. The molecule has 0 unspecified atom stereocenters. The molecule has 128 valence electrons. The van der Waals surface area contributed by atoms with E-state index in [1.807, 2.05) is 0 Å². The van der Waals surface area contributed by atoms with E-state index in [1.54, 1.807) is 13.8 Å². The van der Waals surface area contributed by atoms with Crippen LogP contribution >= 0.6 is 7.60 Å². The number of amides is 1. The molecule has 0 radical (unpaired) electrons. The Bertz CT molecular complexity index is 609. The predicted molar refractivity (Wildman–Crippen MR) is 85.2 cm³/mol. The lowest BCUT2D eigenvalue weighted by Gasteiger charge is -2.30. The van der Waals surface area contributed by atoms with Crippen LogP contribution in [0.3, 0.4) is 0 Å². The zero-order valence-corrected chi connectivity index (χ0v) is 14.3. The second kappa shape index (κ2) is 7.54. The number of nitro benzene ring substituents is 1. The molecule has 1 aromatic rings. The Balaban J connectivity index is 2.63. The van der Waals surface area contributed by atoms with E-state index in [2.05, 4.69) is 10.9 Å². The molecule has 0 bridgehead atoms. The lowest BCUT2D eigenvalue weighted by atomic mass is 10.1. The molecule has 2 N–H and O–H groups in total. The third-order valence-corrected chi connectivity index (χ3v) is 5.84. The summed E-state index contributed by atoms with van der Waals surface area (Å²) in [5.41, 5.74) is 5.48. The van der Waals surface area contributed by atoms with Crippen LogP contribution in [-0.2, 0) is 18.4 Å². The summed E-state index contributed by atoms with van der Waals surface area (Å²) in [7, 11) is -0.889. The predicted octanol–water partition coefficient (Wildman–Crippen LogP) is 2.69. The van der Waals surface area contributed by atoms with E-state index in [9.17, 15) is 19.5 Å². The number of nitrogens with zero attached hydrogens (tertiary/aromatic N) is 1. The second-order valence-electron chi connectivity index (χ2n) is 5.33. The maximum absolute atomic E-state index is 12.4. The molecule has 1 amide bonds. The first-order valence-corrected chi connectivity index (χ1v) is 8.20. The number of nitrogens with one attached hydrogen (secondary N) is 2. The van der Waals surface area contributed by atoms with Crippen molar-refractivity contribution in [3.63, 3.8) is 0 Å². The highest BCUT2D eigenvalue weighted by Gasteiger charge is 2.43. The van der Waals surface area contributed by atoms with Gasteiger partial charge in [-0.2, -0.15) is 0 Å². The fourth-order valence-electron chi connectivity index (χ4n) is 1.91. The van der Waals surface area contributed by atoms with Gasteiger partial charge in [-0.25, -0.2) is 0 Å². The molecule has 0 aliphatic carbocycles. The first kappa shape index (κ1) is 19.1. The maximum atomic E-state index is 12.4. The molecule has 1 aromatic carbocycles. The topological polar surface area (TPSA) is 120 Å². The standard InChI is InChI=1S/C13H20N3O6P/c1-13(2,23(20,21-3)22-4)9-12(17)15-14-10-5-7-11(8-6-10)16(18)19/h5-8,14H,9H2,1-4H3,(H,15,17). The van der Waals surface area contributed by atoms with Crippen LogP contribution < -0.4 is 10.9 Å². The van der Waals surface area contributed by atoms with Gasteiger partial charge in [-0.05, 0) is 26.0 Å². The molecule has 23 heavy (non-hydrogen) atoms. The van der Waals surface area contributed by atoms with E-state index < -0.39 is 23.6 Å². The smallest absolute Gasteiger partial charge is 0.312 e. The summed E-state index contributed by atoms with van der Waals surface area (Å²) in [6, 6.07) is 5.53. The van der Waals surface area contributed by atoms with Crippen LogP contribution in [0.5, 0.6) is 0 Å². The van der Waals surface area contributed by atoms with Crippen LogP contribution in [-0.4, -0.2) is 30.2 Å². The summed E-state index contributed by atoms with van der Waals surface area (Å²) in [4.78, 5) is 22.0. The molecule has 9 nitrogen and oxygen atoms in total. The maximum Gasteiger partial charge on any atom is 0.336 e. The van der Waals surface area contributed by atoms with Gasteiger partial charge in [0.25, 0.3) is 5.69 Å². The van der Waals surface area contributed by atoms with Crippen molar-refractivity contribution in [2.75, 3.05) is 19.6 Å². The molecule has 0 spiro atoms. The summed E-state index contributed by atoms with van der Waals surface area (Å²) < 4.78 is 22.2. The van der Waals surface area contributed by atoms with Crippen LogP contribution in [0.25, 0.3) is 0 Å². The first-order chi connectivity index (χ1) is 10.6. The zero-order valence-electron chi connectivity index (χ0n) is 13.4. The van der Waals surface area contributed by atoms with Crippen molar-refractivity contribution in [2.24, 2.45) is 0 Å². The lowest BCUT2D eigenvalue weighted by molar-refractivity contribution is -0.384. The van der Waals surface area contributed by atoms with Crippen LogP contribution in [0.4, 0.5) is 11.4 Å². The Morgan fingerprint density at radius 2 is 1.78 bits per heavy atom. The Morgan fingerprint density at radius 1 is 1.26 bits per heavy atom. The third-order valence-electron chi connectivity index (χ3n) is 3.24. The van der Waals surface area contributed by atoms with Gasteiger partial charge in [0.2, 0.25) is 5.91 Å². The van der Waals surface area contributed by atoms with Crippen molar-refractivity contribution < 1.29 is 23.3 Å². The average molecular weight is 345 g/mol. The fraction of sp³-hybridized carbons (Fsp3) is 0.462. The Hall–Kier alpha value is -1.96. The second-order valence-corrected chi connectivity index (χ2v) is 8.26. The van der Waals surface area contributed by atoms with Gasteiger partial charge in [0.05, 0.1) is 15.8 Å². The minimum Gasteiger partial charge on any atom is -0.312 e. The van der Waals surface area contributed by atoms with Gasteiger partial charge in [0, 0.05) is 32.8 Å². The molecule has 0 saturated carbocycles. The lowest BCUT2D eigenvalue weighted by Crippen LogP contribution is -2.36. The molecule has 0 atom stereocenters. The highest BCUT2D eigenvalue weighted by Crippen LogP contribution is 2.60. The Kier molecular flexibility index (Phi) is 6.26. The van der Waals surface area contributed by atoms with Crippen molar-refractivity contribution in [3.8, 4) is 0 Å². The summed E-state index contributed by atoms with van der Waals surface area (Å²) in [5.74, 6) is -0.428. The van der Waals surface area contributed by atoms with E-state index in [4.69, 9.17) is 9.05 Å². The minimum absolute atomic E-state index is 0.0517. The largest absolute Gasteiger partial charge is 0.336 e. The molecule has 0 aliphatic heterocycles. The van der Waals surface area contributed by atoms with Crippen LogP contribution in [0, 0.1) is 10.1 Å². The number of carbonyl (C=O) groups excluding carboxylic acids is 1. The summed E-state index contributed by atoms with van der Waals surface area (Å²) in [6.45, 7) is 3.21. The average Bonchev–Trinajstić information content (AvgIpc) is 2.51. The number of hydrazine groups is 1. The number of hydrogen-bond donors (Lipinski definition) is 2. The van der Waals surface area contributed by atoms with E-state index in [0.29, 0.717) is 5.69 Å². The monoisotopic (exact) mass is 345 g/mol. The number of rotatable bonds is 8. The van der Waals surface area contributed by atoms with E-state index in [1.165, 1.54) is 38.5 Å². The molecule has 0 fully saturated rings. The highest BCUT2D eigenvalue weighted by atomic mass is 31.2. The van der Waals surface area contributed by atoms with Crippen LogP contribution in [0.1, 0.15) is 20.3 Å². The van der Waals surface area contributed by atoms with Gasteiger partial charge in [0.15, 0.2) is 0 Å². The van der Waals surface area contributed by atoms with E-state index >= 15 is 0 Å². The Labute approximate surface area is 134 Å². The summed E-state index contributed by atoms with van der Waals surface area (Å²) in [6.07, 6.45) is -0.105. The molecule has 10 heteroatoms. The SMILES string of the molecule is COP(=O)(OC)C(C)(C)CC(=O)NNc1ccc([N+](=O)[O-])cc1. The van der Waals surface area contributed by atoms with Gasteiger partial charge in [-0.1, -0.05) is 0 Å². The van der Waals surface area contributed by atoms with Crippen molar-refractivity contribution >= 4 is 24.9 Å². The van der Waals surface area contributed by atoms with Gasteiger partial charge in [-0.15, -0.1) is 0 Å². The van der Waals surface area contributed by atoms with E-state index in [-0.39, 0.29) is 12.1 Å². The zero-order chi connectivity index (χ0) is 17.7. The molecular formula is C13H20N3O6P. The van der Waals surface area contributed by atoms with Gasteiger partial charge < -0.3 is 9.05 Å². The number of anilines is 1. The quantitative estimate of drug-likeness (QED) is 0.422. The van der Waals surface area contributed by atoms with Gasteiger partial charge in [0.1, 0.15) is 0 Å². The van der Waals surface area contributed by atoms with Crippen molar-refractivity contribution in [1.29, 1.82) is 0 Å². The molecule has 0 aromatic heterocycles. The first-order valence-electron chi connectivity index (χ1n) is 6.66.